The Morgan fingerprint density at radius 1 is 1.16 bits per heavy atom. The van der Waals surface area contributed by atoms with Gasteiger partial charge in [-0.3, -0.25) is 4.79 Å². The molecular formula is C23H21ClF3N3O2. The van der Waals surface area contributed by atoms with E-state index in [1.54, 1.807) is 19.9 Å². The van der Waals surface area contributed by atoms with Crippen LogP contribution in [0.1, 0.15) is 35.7 Å². The second-order valence-electron chi connectivity index (χ2n) is 7.78. The van der Waals surface area contributed by atoms with Gasteiger partial charge in [0.25, 0.3) is 5.91 Å². The number of carbonyl (C=O) groups excluding carboxylic acids is 1. The van der Waals surface area contributed by atoms with E-state index in [1.807, 2.05) is 18.2 Å². The molecule has 1 aliphatic rings. The van der Waals surface area contributed by atoms with Gasteiger partial charge in [0, 0.05) is 6.07 Å². The summed E-state index contributed by atoms with van der Waals surface area (Å²) in [5, 5.41) is 6.96. The number of rotatable bonds is 5. The van der Waals surface area contributed by atoms with Gasteiger partial charge in [0.2, 0.25) is 0 Å². The predicted molar refractivity (Wildman–Crippen MR) is 115 cm³/mol. The van der Waals surface area contributed by atoms with E-state index in [4.69, 9.17) is 16.3 Å². The summed E-state index contributed by atoms with van der Waals surface area (Å²) in [7, 11) is 0. The summed E-state index contributed by atoms with van der Waals surface area (Å²) in [6.07, 6.45) is -2.23. The maximum atomic E-state index is 13.2. The molecule has 5 nitrogen and oxygen atoms in total. The molecule has 0 saturated heterocycles. The topological polar surface area (TPSA) is 56.1 Å². The molecule has 1 amide bonds. The number of anilines is 1. The molecule has 1 unspecified atom stereocenters. The first-order chi connectivity index (χ1) is 15.1. The van der Waals surface area contributed by atoms with E-state index >= 15 is 0 Å². The number of amides is 1. The third-order valence-electron chi connectivity index (χ3n) is 5.34. The van der Waals surface area contributed by atoms with E-state index in [2.05, 4.69) is 10.4 Å². The van der Waals surface area contributed by atoms with Crippen molar-refractivity contribution in [2.45, 2.75) is 45.4 Å². The molecule has 0 radical (unpaired) electrons. The smallest absolute Gasteiger partial charge is 0.416 e. The van der Waals surface area contributed by atoms with Crippen molar-refractivity contribution in [3.05, 3.63) is 69.9 Å². The Morgan fingerprint density at radius 3 is 2.66 bits per heavy atom. The van der Waals surface area contributed by atoms with Crippen molar-refractivity contribution in [1.82, 2.24) is 9.78 Å². The first-order valence-corrected chi connectivity index (χ1v) is 10.5. The number of hydrogen-bond acceptors (Lipinski definition) is 3. The van der Waals surface area contributed by atoms with Gasteiger partial charge in [0.15, 0.2) is 6.10 Å². The number of aromatic nitrogens is 2. The summed E-state index contributed by atoms with van der Waals surface area (Å²) < 4.78 is 46.5. The minimum Gasteiger partial charge on any atom is -0.481 e. The van der Waals surface area contributed by atoms with Gasteiger partial charge in [0.1, 0.15) is 11.6 Å². The summed E-state index contributed by atoms with van der Waals surface area (Å²) in [5.41, 5.74) is 2.17. The fourth-order valence-electron chi connectivity index (χ4n) is 3.73. The van der Waals surface area contributed by atoms with Gasteiger partial charge >= 0.3 is 6.18 Å². The van der Waals surface area contributed by atoms with Crippen LogP contribution >= 0.6 is 11.6 Å². The molecule has 4 rings (SSSR count). The quantitative estimate of drug-likeness (QED) is 0.524. The molecule has 1 N–H and O–H groups in total. The molecule has 3 aromatic rings. The lowest BCUT2D eigenvalue weighted by Gasteiger charge is -2.17. The first-order valence-electron chi connectivity index (χ1n) is 10.1. The fourth-order valence-corrected chi connectivity index (χ4v) is 3.93. The lowest BCUT2D eigenvalue weighted by Crippen LogP contribution is -2.31. The van der Waals surface area contributed by atoms with Crippen LogP contribution in [-0.2, 0) is 23.8 Å². The number of alkyl halides is 3. The van der Waals surface area contributed by atoms with Crippen LogP contribution in [0.15, 0.2) is 42.5 Å². The van der Waals surface area contributed by atoms with Gasteiger partial charge in [-0.05, 0) is 74.6 Å². The SMILES string of the molecule is Cc1cc(NC(=O)C(C)Oc2ccc3c(c2)CCC3)n(-c2cc(C(F)(F)F)ccc2Cl)n1. The average Bonchev–Trinajstić information content (AvgIpc) is 3.33. The molecule has 2 aromatic carbocycles. The third-order valence-corrected chi connectivity index (χ3v) is 5.66. The minimum atomic E-state index is -4.54. The Kier molecular flexibility index (Phi) is 5.90. The molecule has 32 heavy (non-hydrogen) atoms. The fraction of sp³-hybridized carbons (Fsp3) is 0.304. The molecular weight excluding hydrogens is 443 g/mol. The van der Waals surface area contributed by atoms with Crippen molar-refractivity contribution in [1.29, 1.82) is 0 Å². The number of halogens is 4. The van der Waals surface area contributed by atoms with Crippen LogP contribution in [0.25, 0.3) is 5.69 Å². The Hall–Kier alpha value is -3.00. The predicted octanol–water partition coefficient (Wildman–Crippen LogP) is 5.75. The van der Waals surface area contributed by atoms with Crippen molar-refractivity contribution >= 4 is 23.3 Å². The van der Waals surface area contributed by atoms with Crippen molar-refractivity contribution in [2.24, 2.45) is 0 Å². The number of fused-ring (bicyclic) bond motifs is 1. The highest BCUT2D eigenvalue weighted by Gasteiger charge is 2.31. The van der Waals surface area contributed by atoms with Gasteiger partial charge in [-0.1, -0.05) is 17.7 Å². The van der Waals surface area contributed by atoms with Crippen molar-refractivity contribution in [2.75, 3.05) is 5.32 Å². The number of aryl methyl sites for hydroxylation is 3. The van der Waals surface area contributed by atoms with Crippen LogP contribution < -0.4 is 10.1 Å². The number of nitrogens with one attached hydrogen (secondary N) is 1. The molecule has 0 fully saturated rings. The number of hydrogen-bond donors (Lipinski definition) is 1. The standard InChI is InChI=1S/C23H21ClF3N3O2/c1-13-10-21(30(29-13)20-12-17(23(25,26)27)7-9-19(20)24)28-22(31)14(2)32-18-8-6-15-4-3-5-16(15)11-18/h6-12,14H,3-5H2,1-2H3,(H,28,31). The molecule has 9 heteroatoms. The molecule has 0 aliphatic heterocycles. The lowest BCUT2D eigenvalue weighted by atomic mass is 10.1. The van der Waals surface area contributed by atoms with E-state index in [0.717, 1.165) is 37.5 Å². The zero-order chi connectivity index (χ0) is 23.0. The zero-order valence-corrected chi connectivity index (χ0v) is 18.2. The van der Waals surface area contributed by atoms with E-state index < -0.39 is 23.8 Å². The highest BCUT2D eigenvalue weighted by Crippen LogP contribution is 2.34. The monoisotopic (exact) mass is 463 g/mol. The number of benzene rings is 2. The van der Waals surface area contributed by atoms with E-state index in [1.165, 1.54) is 15.8 Å². The molecule has 168 valence electrons. The van der Waals surface area contributed by atoms with Crippen LogP contribution in [0.3, 0.4) is 0 Å². The summed E-state index contributed by atoms with van der Waals surface area (Å²) in [4.78, 5) is 12.8. The van der Waals surface area contributed by atoms with Gasteiger partial charge in [-0.25, -0.2) is 4.68 Å². The molecule has 0 bridgehead atoms. The maximum Gasteiger partial charge on any atom is 0.416 e. The lowest BCUT2D eigenvalue weighted by molar-refractivity contribution is -0.137. The summed E-state index contributed by atoms with van der Waals surface area (Å²) in [5.74, 6) is 0.326. The maximum absolute atomic E-state index is 13.2. The molecule has 1 atom stereocenters. The molecule has 0 saturated carbocycles. The normalized spacial score (nSPS) is 14.2. The van der Waals surface area contributed by atoms with E-state index in [-0.39, 0.29) is 16.5 Å². The van der Waals surface area contributed by atoms with Crippen LogP contribution in [-0.4, -0.2) is 21.8 Å². The first kappa shape index (κ1) is 22.2. The number of ether oxygens (including phenoxy) is 1. The summed E-state index contributed by atoms with van der Waals surface area (Å²) in [6.45, 7) is 3.27. The van der Waals surface area contributed by atoms with Crippen molar-refractivity contribution in [3.63, 3.8) is 0 Å². The minimum absolute atomic E-state index is 0.0112. The van der Waals surface area contributed by atoms with Crippen LogP contribution in [0.5, 0.6) is 5.75 Å². The molecule has 0 spiro atoms. The number of carbonyl (C=O) groups is 1. The number of nitrogens with zero attached hydrogens (tertiary/aromatic N) is 2. The summed E-state index contributed by atoms with van der Waals surface area (Å²) >= 11 is 6.15. The average molecular weight is 464 g/mol. The highest BCUT2D eigenvalue weighted by atomic mass is 35.5. The van der Waals surface area contributed by atoms with Crippen LogP contribution in [0.2, 0.25) is 5.02 Å². The van der Waals surface area contributed by atoms with Gasteiger partial charge in [0.05, 0.1) is 22.0 Å². The Morgan fingerprint density at radius 2 is 1.91 bits per heavy atom. The molecule has 1 heterocycles. The summed E-state index contributed by atoms with van der Waals surface area (Å²) in [6, 6.07) is 10.3. The van der Waals surface area contributed by atoms with Crippen molar-refractivity contribution in [3.8, 4) is 11.4 Å². The Bertz CT molecular complexity index is 1170. The van der Waals surface area contributed by atoms with Gasteiger partial charge in [-0.2, -0.15) is 18.3 Å². The zero-order valence-electron chi connectivity index (χ0n) is 17.5. The van der Waals surface area contributed by atoms with E-state index in [0.29, 0.717) is 11.4 Å². The van der Waals surface area contributed by atoms with Gasteiger partial charge < -0.3 is 10.1 Å². The molecule has 1 aromatic heterocycles. The second kappa shape index (κ2) is 8.50. The molecule has 1 aliphatic carbocycles. The second-order valence-corrected chi connectivity index (χ2v) is 8.19. The third kappa shape index (κ3) is 4.60. The van der Waals surface area contributed by atoms with Crippen LogP contribution in [0.4, 0.5) is 19.0 Å². The largest absolute Gasteiger partial charge is 0.481 e. The Balaban J connectivity index is 1.55. The van der Waals surface area contributed by atoms with Crippen molar-refractivity contribution < 1.29 is 22.7 Å². The highest BCUT2D eigenvalue weighted by molar-refractivity contribution is 6.32. The Labute approximate surface area is 188 Å². The van der Waals surface area contributed by atoms with Crippen LogP contribution in [0, 0.1) is 6.92 Å². The van der Waals surface area contributed by atoms with Gasteiger partial charge in [-0.15, -0.1) is 0 Å². The van der Waals surface area contributed by atoms with E-state index in [9.17, 15) is 18.0 Å².